The molecule has 0 saturated carbocycles. The molecular formula is C22H19BrFNO7. The minimum atomic E-state index is -0.562. The van der Waals surface area contributed by atoms with Crippen molar-refractivity contribution in [3.8, 4) is 17.2 Å². The van der Waals surface area contributed by atoms with Crippen LogP contribution in [0.4, 0.5) is 4.39 Å². The van der Waals surface area contributed by atoms with Crippen molar-refractivity contribution >= 4 is 50.7 Å². The first-order chi connectivity index (χ1) is 15.0. The normalized spacial score (nSPS) is 10.2. The lowest BCUT2D eigenvalue weighted by Gasteiger charge is -2.02. The third kappa shape index (κ3) is 7.09. The van der Waals surface area contributed by atoms with Gasteiger partial charge in [-0.05, 0) is 46.6 Å². The van der Waals surface area contributed by atoms with E-state index in [-0.39, 0.29) is 18.1 Å². The van der Waals surface area contributed by atoms with Crippen LogP contribution in [0.1, 0.15) is 33.3 Å². The quantitative estimate of drug-likeness (QED) is 0.287. The molecule has 1 aromatic heterocycles. The molecule has 0 N–H and O–H groups in total. The number of halogens is 2. The van der Waals surface area contributed by atoms with E-state index in [0.717, 1.165) is 0 Å². The summed E-state index contributed by atoms with van der Waals surface area (Å²) in [6, 6.07) is 7.63. The van der Waals surface area contributed by atoms with Crippen LogP contribution in [0.2, 0.25) is 0 Å². The van der Waals surface area contributed by atoms with E-state index in [4.69, 9.17) is 9.15 Å². The van der Waals surface area contributed by atoms with Crippen molar-refractivity contribution in [3.05, 3.63) is 46.2 Å². The van der Waals surface area contributed by atoms with E-state index in [9.17, 15) is 23.6 Å². The Labute approximate surface area is 190 Å². The second kappa shape index (κ2) is 10.8. The summed E-state index contributed by atoms with van der Waals surface area (Å²) in [5.74, 6) is -1.62. The van der Waals surface area contributed by atoms with Crippen LogP contribution in [-0.4, -0.2) is 28.7 Å². The molecule has 0 unspecified atom stereocenters. The predicted octanol–water partition coefficient (Wildman–Crippen LogP) is 4.55. The van der Waals surface area contributed by atoms with Crippen molar-refractivity contribution in [2.45, 2.75) is 34.1 Å². The Kier molecular flexibility index (Phi) is 8.36. The Bertz CT molecular complexity index is 1190. The van der Waals surface area contributed by atoms with Gasteiger partial charge in [0.15, 0.2) is 5.58 Å². The number of hydrogen-bond acceptors (Lipinski definition) is 8. The molecular weight excluding hydrogens is 489 g/mol. The number of ketones is 1. The lowest BCUT2D eigenvalue weighted by atomic mass is 10.1. The first kappa shape index (κ1) is 24.9. The van der Waals surface area contributed by atoms with Crippen molar-refractivity contribution in [3.63, 3.8) is 0 Å². The van der Waals surface area contributed by atoms with Crippen LogP contribution < -0.4 is 4.74 Å². The van der Waals surface area contributed by atoms with Crippen LogP contribution >= 0.6 is 15.9 Å². The molecule has 0 aliphatic carbocycles. The zero-order valence-corrected chi connectivity index (χ0v) is 19.2. The van der Waals surface area contributed by atoms with E-state index in [1.54, 1.807) is 24.3 Å². The first-order valence-corrected chi connectivity index (χ1v) is 10.0. The molecule has 0 fully saturated rings. The number of rotatable bonds is 4. The van der Waals surface area contributed by atoms with E-state index >= 15 is 0 Å². The predicted molar refractivity (Wildman–Crippen MR) is 115 cm³/mol. The van der Waals surface area contributed by atoms with E-state index in [1.807, 2.05) is 0 Å². The smallest absolute Gasteiger partial charge is 0.310 e. The molecule has 0 spiro atoms. The van der Waals surface area contributed by atoms with Crippen LogP contribution in [0.25, 0.3) is 22.6 Å². The van der Waals surface area contributed by atoms with E-state index in [0.29, 0.717) is 32.4 Å². The highest BCUT2D eigenvalue weighted by molar-refractivity contribution is 9.10. The largest absolute Gasteiger partial charge is 0.435 e. The van der Waals surface area contributed by atoms with E-state index in [1.165, 1.54) is 33.8 Å². The van der Waals surface area contributed by atoms with Crippen LogP contribution in [-0.2, 0) is 30.3 Å². The summed E-state index contributed by atoms with van der Waals surface area (Å²) < 4.78 is 29.4. The summed E-state index contributed by atoms with van der Waals surface area (Å²) >= 11 is 3.34. The minimum absolute atomic E-state index is 0.0387. The number of ether oxygens (including phenoxy) is 2. The molecule has 0 aliphatic heterocycles. The third-order valence-corrected chi connectivity index (χ3v) is 4.30. The SMILES string of the molecule is CC(=O)Cc1ccc(-c2nc3cc(OC(C)=O)cc(Br)c3o2)cc1F.CC(=O)OC(C)=O. The second-order valence-corrected chi connectivity index (χ2v) is 7.49. The molecule has 0 bridgehead atoms. The molecule has 8 nitrogen and oxygen atoms in total. The number of carbonyl (C=O) groups excluding carboxylic acids is 4. The van der Waals surface area contributed by atoms with Crippen LogP contribution in [0.5, 0.6) is 5.75 Å². The van der Waals surface area contributed by atoms with Crippen molar-refractivity contribution in [1.29, 1.82) is 0 Å². The number of benzene rings is 2. The zero-order valence-electron chi connectivity index (χ0n) is 17.7. The molecule has 10 heteroatoms. The van der Waals surface area contributed by atoms with E-state index in [2.05, 4.69) is 25.7 Å². The summed E-state index contributed by atoms with van der Waals surface area (Å²) in [5.41, 5.74) is 1.69. The maximum atomic E-state index is 14.2. The van der Waals surface area contributed by atoms with Crippen molar-refractivity contribution < 1.29 is 37.5 Å². The van der Waals surface area contributed by atoms with E-state index < -0.39 is 23.7 Å². The topological polar surface area (TPSA) is 113 Å². The summed E-state index contributed by atoms with van der Waals surface area (Å²) in [7, 11) is 0. The number of fused-ring (bicyclic) bond motifs is 1. The summed E-state index contributed by atoms with van der Waals surface area (Å²) in [5, 5.41) is 0. The van der Waals surface area contributed by atoms with Gasteiger partial charge in [-0.15, -0.1) is 0 Å². The fourth-order valence-electron chi connectivity index (χ4n) is 2.61. The Morgan fingerprint density at radius 3 is 2.16 bits per heavy atom. The van der Waals surface area contributed by atoms with Gasteiger partial charge in [-0.1, -0.05) is 6.07 Å². The van der Waals surface area contributed by atoms with Gasteiger partial charge in [0.2, 0.25) is 5.89 Å². The lowest BCUT2D eigenvalue weighted by Crippen LogP contribution is -2.03. The van der Waals surface area contributed by atoms with Crippen LogP contribution in [0, 0.1) is 5.82 Å². The summed E-state index contributed by atoms with van der Waals surface area (Å²) in [6.45, 7) is 5.08. The molecule has 168 valence electrons. The number of esters is 3. The van der Waals surface area contributed by atoms with Gasteiger partial charge in [0.1, 0.15) is 22.9 Å². The first-order valence-electron chi connectivity index (χ1n) is 9.22. The van der Waals surface area contributed by atoms with Gasteiger partial charge in [0.05, 0.1) is 4.47 Å². The standard InChI is InChI=1S/C18H13BrFNO4.C4H6O3/c1-9(22)5-11-3-4-12(6-15(11)20)18-21-16-8-13(24-10(2)23)7-14(19)17(16)25-18;1-3(5)7-4(2)6/h3-4,6-8H,5H2,1-2H3;1-2H3. The molecule has 0 saturated heterocycles. The minimum Gasteiger partial charge on any atom is -0.435 e. The number of nitrogens with zero attached hydrogens (tertiary/aromatic N) is 1. The molecule has 3 rings (SSSR count). The van der Waals surface area contributed by atoms with Crippen molar-refractivity contribution in [2.24, 2.45) is 0 Å². The average Bonchev–Trinajstić information content (AvgIpc) is 3.06. The molecule has 0 radical (unpaired) electrons. The number of hydrogen-bond donors (Lipinski definition) is 0. The number of aromatic nitrogens is 1. The maximum absolute atomic E-state index is 14.2. The summed E-state index contributed by atoms with van der Waals surface area (Å²) in [6.07, 6.45) is 0.0387. The molecule has 0 amide bonds. The van der Waals surface area contributed by atoms with Gasteiger partial charge < -0.3 is 13.9 Å². The fraction of sp³-hybridized carbons (Fsp3) is 0.227. The van der Waals surface area contributed by atoms with Gasteiger partial charge >= 0.3 is 17.9 Å². The monoisotopic (exact) mass is 507 g/mol. The molecule has 0 atom stereocenters. The molecule has 2 aromatic carbocycles. The number of carbonyl (C=O) groups is 4. The molecule has 32 heavy (non-hydrogen) atoms. The van der Waals surface area contributed by atoms with Crippen molar-refractivity contribution in [2.75, 3.05) is 0 Å². The third-order valence-electron chi connectivity index (χ3n) is 3.71. The second-order valence-electron chi connectivity index (χ2n) is 6.64. The van der Waals surface area contributed by atoms with Gasteiger partial charge in [-0.2, -0.15) is 0 Å². The fourth-order valence-corrected chi connectivity index (χ4v) is 3.12. The Balaban J connectivity index is 0.000000451. The molecule has 0 aliphatic rings. The van der Waals surface area contributed by atoms with Crippen LogP contribution in [0.15, 0.2) is 39.2 Å². The van der Waals surface area contributed by atoms with Gasteiger partial charge in [-0.3, -0.25) is 19.2 Å². The van der Waals surface area contributed by atoms with Gasteiger partial charge in [0.25, 0.3) is 0 Å². The Hall–Kier alpha value is -3.40. The highest BCUT2D eigenvalue weighted by Gasteiger charge is 2.15. The van der Waals surface area contributed by atoms with Crippen LogP contribution in [0.3, 0.4) is 0 Å². The summed E-state index contributed by atoms with van der Waals surface area (Å²) in [4.78, 5) is 46.2. The zero-order chi connectivity index (χ0) is 24.0. The highest BCUT2D eigenvalue weighted by Crippen LogP contribution is 2.33. The Morgan fingerprint density at radius 1 is 1.00 bits per heavy atom. The van der Waals surface area contributed by atoms with Gasteiger partial charge in [-0.25, -0.2) is 9.37 Å². The highest BCUT2D eigenvalue weighted by atomic mass is 79.9. The maximum Gasteiger partial charge on any atom is 0.310 e. The lowest BCUT2D eigenvalue weighted by molar-refractivity contribution is -0.156. The average molecular weight is 508 g/mol. The molecule has 3 aromatic rings. The Morgan fingerprint density at radius 2 is 1.66 bits per heavy atom. The van der Waals surface area contributed by atoms with Gasteiger partial charge in [0, 0.05) is 38.8 Å². The number of oxazole rings is 1. The number of Topliss-reactive ketones (excluding diaryl/α,β-unsaturated/α-hetero) is 1. The molecule has 1 heterocycles. The van der Waals surface area contributed by atoms with Crippen molar-refractivity contribution in [1.82, 2.24) is 4.98 Å².